The van der Waals surface area contributed by atoms with Crippen molar-refractivity contribution in [2.24, 2.45) is 5.92 Å². The smallest absolute Gasteiger partial charge is 0.220 e. The van der Waals surface area contributed by atoms with Crippen LogP contribution in [0.1, 0.15) is 32.3 Å². The third-order valence-corrected chi connectivity index (χ3v) is 3.16. The lowest BCUT2D eigenvalue weighted by molar-refractivity contribution is -0.121. The first-order valence-electron chi connectivity index (χ1n) is 6.79. The number of amides is 1. The van der Waals surface area contributed by atoms with Crippen molar-refractivity contribution in [2.45, 2.75) is 39.2 Å². The predicted octanol–water partition coefficient (Wildman–Crippen LogP) is 2.42. The van der Waals surface area contributed by atoms with Crippen molar-refractivity contribution in [1.29, 1.82) is 0 Å². The molecule has 3 nitrogen and oxygen atoms in total. The molecule has 0 spiro atoms. The highest BCUT2D eigenvalue weighted by Crippen LogP contribution is 2.11. The molecule has 1 amide bonds. The fourth-order valence-corrected chi connectivity index (χ4v) is 1.76. The lowest BCUT2D eigenvalue weighted by Gasteiger charge is -2.14. The Labute approximate surface area is 118 Å². The first-order chi connectivity index (χ1) is 9.40. The summed E-state index contributed by atoms with van der Waals surface area (Å²) in [5, 5.41) is 12.2. The van der Waals surface area contributed by atoms with Crippen LogP contribution in [0.3, 0.4) is 0 Å². The number of benzene rings is 1. The minimum atomic E-state index is -0.512. The molecule has 1 rings (SSSR count). The number of nitrogens with one attached hydrogen (secondary N) is 1. The molecule has 2 N–H and O–H groups in total. The molecule has 0 heterocycles. The molecule has 1 atom stereocenters. The van der Waals surface area contributed by atoms with Gasteiger partial charge in [-0.2, -0.15) is 0 Å². The van der Waals surface area contributed by atoms with Gasteiger partial charge in [-0.05, 0) is 42.5 Å². The summed E-state index contributed by atoms with van der Waals surface area (Å²) >= 11 is 0. The van der Waals surface area contributed by atoms with E-state index < -0.39 is 17.7 Å². The highest BCUT2D eigenvalue weighted by Gasteiger charge is 2.10. The minimum Gasteiger partial charge on any atom is -0.393 e. The second kappa shape index (κ2) is 7.94. The van der Waals surface area contributed by atoms with Crippen molar-refractivity contribution in [1.82, 2.24) is 5.32 Å². The standard InChI is InChI=1S/C15H21F2NO2/c1-10(2)14(19)7-8-18-15(20)6-3-11-9-12(16)4-5-13(11)17/h4-5,9-10,14,19H,3,6-8H2,1-2H3,(H,18,20). The highest BCUT2D eigenvalue weighted by atomic mass is 19.1. The van der Waals surface area contributed by atoms with E-state index in [0.717, 1.165) is 18.2 Å². The van der Waals surface area contributed by atoms with Crippen molar-refractivity contribution >= 4 is 5.91 Å². The van der Waals surface area contributed by atoms with Gasteiger partial charge in [-0.25, -0.2) is 8.78 Å². The summed E-state index contributed by atoms with van der Waals surface area (Å²) in [5.41, 5.74) is 0.197. The number of halogens is 2. The fraction of sp³-hybridized carbons (Fsp3) is 0.533. The van der Waals surface area contributed by atoms with E-state index in [2.05, 4.69) is 5.32 Å². The zero-order valence-corrected chi connectivity index (χ0v) is 11.8. The predicted molar refractivity (Wildman–Crippen MR) is 73.2 cm³/mol. The largest absolute Gasteiger partial charge is 0.393 e. The van der Waals surface area contributed by atoms with Gasteiger partial charge in [0, 0.05) is 13.0 Å². The molecule has 0 aromatic heterocycles. The van der Waals surface area contributed by atoms with Crippen LogP contribution in [0, 0.1) is 17.6 Å². The molecule has 1 unspecified atom stereocenters. The second-order valence-corrected chi connectivity index (χ2v) is 5.19. The Morgan fingerprint density at radius 1 is 1.35 bits per heavy atom. The zero-order chi connectivity index (χ0) is 15.1. The molecule has 0 aliphatic carbocycles. The van der Waals surface area contributed by atoms with E-state index in [1.807, 2.05) is 13.8 Å². The van der Waals surface area contributed by atoms with E-state index in [-0.39, 0.29) is 30.2 Å². The maximum absolute atomic E-state index is 13.3. The third kappa shape index (κ3) is 5.65. The topological polar surface area (TPSA) is 49.3 Å². The first kappa shape index (κ1) is 16.6. The molecular weight excluding hydrogens is 264 g/mol. The van der Waals surface area contributed by atoms with Crippen LogP contribution in [-0.2, 0) is 11.2 Å². The molecule has 0 saturated carbocycles. The van der Waals surface area contributed by atoms with E-state index in [9.17, 15) is 18.7 Å². The van der Waals surface area contributed by atoms with Crippen LogP contribution in [0.5, 0.6) is 0 Å². The van der Waals surface area contributed by atoms with Gasteiger partial charge in [0.25, 0.3) is 0 Å². The normalized spacial score (nSPS) is 12.5. The van der Waals surface area contributed by atoms with Gasteiger partial charge >= 0.3 is 0 Å². The average molecular weight is 285 g/mol. The van der Waals surface area contributed by atoms with Gasteiger partial charge in [0.2, 0.25) is 5.91 Å². The Morgan fingerprint density at radius 3 is 2.70 bits per heavy atom. The number of rotatable bonds is 7. The molecule has 0 saturated heterocycles. The van der Waals surface area contributed by atoms with Gasteiger partial charge in [0.15, 0.2) is 0 Å². The van der Waals surface area contributed by atoms with E-state index in [0.29, 0.717) is 13.0 Å². The Balaban J connectivity index is 2.31. The number of hydrogen-bond acceptors (Lipinski definition) is 2. The monoisotopic (exact) mass is 285 g/mol. The molecule has 20 heavy (non-hydrogen) atoms. The number of aliphatic hydroxyl groups excluding tert-OH is 1. The molecule has 0 aliphatic heterocycles. The molecule has 1 aromatic carbocycles. The Kier molecular flexibility index (Phi) is 6.58. The van der Waals surface area contributed by atoms with Gasteiger partial charge in [0.1, 0.15) is 11.6 Å². The van der Waals surface area contributed by atoms with Gasteiger partial charge in [-0.15, -0.1) is 0 Å². The maximum atomic E-state index is 13.3. The molecule has 0 bridgehead atoms. The van der Waals surface area contributed by atoms with E-state index >= 15 is 0 Å². The quantitative estimate of drug-likeness (QED) is 0.808. The number of aryl methyl sites for hydroxylation is 1. The van der Waals surface area contributed by atoms with Gasteiger partial charge in [-0.1, -0.05) is 13.8 Å². The van der Waals surface area contributed by atoms with Crippen molar-refractivity contribution < 1.29 is 18.7 Å². The van der Waals surface area contributed by atoms with Gasteiger partial charge in [-0.3, -0.25) is 4.79 Å². The Bertz CT molecular complexity index is 449. The maximum Gasteiger partial charge on any atom is 0.220 e. The molecule has 112 valence electrons. The van der Waals surface area contributed by atoms with Crippen LogP contribution in [-0.4, -0.2) is 23.7 Å². The molecule has 0 radical (unpaired) electrons. The van der Waals surface area contributed by atoms with Gasteiger partial charge < -0.3 is 10.4 Å². The van der Waals surface area contributed by atoms with Crippen LogP contribution in [0.4, 0.5) is 8.78 Å². The second-order valence-electron chi connectivity index (χ2n) is 5.19. The number of aliphatic hydroxyl groups is 1. The average Bonchev–Trinajstić information content (AvgIpc) is 2.39. The lowest BCUT2D eigenvalue weighted by Crippen LogP contribution is -2.28. The molecule has 1 aromatic rings. The highest BCUT2D eigenvalue weighted by molar-refractivity contribution is 5.76. The summed E-state index contributed by atoms with van der Waals surface area (Å²) in [7, 11) is 0. The van der Waals surface area contributed by atoms with Crippen LogP contribution in [0.15, 0.2) is 18.2 Å². The van der Waals surface area contributed by atoms with Crippen LogP contribution >= 0.6 is 0 Å². The number of hydrogen-bond donors (Lipinski definition) is 2. The van der Waals surface area contributed by atoms with Gasteiger partial charge in [0.05, 0.1) is 6.10 Å². The molecular formula is C15H21F2NO2. The zero-order valence-electron chi connectivity index (χ0n) is 11.8. The fourth-order valence-electron chi connectivity index (χ4n) is 1.76. The molecule has 5 heteroatoms. The van der Waals surface area contributed by atoms with Crippen LogP contribution in [0.2, 0.25) is 0 Å². The van der Waals surface area contributed by atoms with Crippen molar-refractivity contribution in [3.63, 3.8) is 0 Å². The SMILES string of the molecule is CC(C)C(O)CCNC(=O)CCc1cc(F)ccc1F. The summed E-state index contributed by atoms with van der Waals surface area (Å²) in [6.07, 6.45) is 0.286. The van der Waals surface area contributed by atoms with E-state index in [4.69, 9.17) is 0 Å². The third-order valence-electron chi connectivity index (χ3n) is 3.16. The minimum absolute atomic E-state index is 0.0954. The molecule has 0 fully saturated rings. The Hall–Kier alpha value is -1.49. The summed E-state index contributed by atoms with van der Waals surface area (Å²) < 4.78 is 26.3. The van der Waals surface area contributed by atoms with Crippen molar-refractivity contribution in [3.8, 4) is 0 Å². The number of carbonyl (C=O) groups is 1. The summed E-state index contributed by atoms with van der Waals surface area (Å²) in [4.78, 5) is 11.6. The summed E-state index contributed by atoms with van der Waals surface area (Å²) in [6.45, 7) is 4.18. The van der Waals surface area contributed by atoms with Crippen LogP contribution < -0.4 is 5.32 Å². The van der Waals surface area contributed by atoms with Crippen LogP contribution in [0.25, 0.3) is 0 Å². The van der Waals surface area contributed by atoms with E-state index in [1.165, 1.54) is 0 Å². The first-order valence-corrected chi connectivity index (χ1v) is 6.79. The summed E-state index contributed by atoms with van der Waals surface area (Å²) in [5.74, 6) is -1.10. The van der Waals surface area contributed by atoms with E-state index in [1.54, 1.807) is 0 Å². The summed E-state index contributed by atoms with van der Waals surface area (Å²) in [6, 6.07) is 3.21. The lowest BCUT2D eigenvalue weighted by atomic mass is 10.0. The Morgan fingerprint density at radius 2 is 2.05 bits per heavy atom. The molecule has 0 aliphatic rings. The van der Waals surface area contributed by atoms with Crippen molar-refractivity contribution in [2.75, 3.05) is 6.54 Å². The number of carbonyl (C=O) groups excluding carboxylic acids is 1. The van der Waals surface area contributed by atoms with Crippen molar-refractivity contribution in [3.05, 3.63) is 35.4 Å².